The lowest BCUT2D eigenvalue weighted by Gasteiger charge is -2.08. The van der Waals surface area contributed by atoms with Crippen molar-refractivity contribution in [2.45, 2.75) is 30.6 Å². The van der Waals surface area contributed by atoms with Crippen molar-refractivity contribution in [3.63, 3.8) is 0 Å². The van der Waals surface area contributed by atoms with Gasteiger partial charge in [0.15, 0.2) is 11.0 Å². The second-order valence-corrected chi connectivity index (χ2v) is 8.40. The number of aromatic nitrogens is 3. The van der Waals surface area contributed by atoms with E-state index < -0.39 is 0 Å². The van der Waals surface area contributed by atoms with Crippen LogP contribution in [0.1, 0.15) is 24.4 Å². The Kier molecular flexibility index (Phi) is 5.28. The number of carbonyl (C=O) groups excluding carboxylic acids is 1. The summed E-state index contributed by atoms with van der Waals surface area (Å²) >= 11 is 8.97. The molecule has 1 saturated carbocycles. The molecule has 134 valence electrons. The molecule has 0 bridgehead atoms. The largest absolute Gasteiger partial charge is 0.351 e. The predicted octanol–water partition coefficient (Wildman–Crippen LogP) is 4.40. The summed E-state index contributed by atoms with van der Waals surface area (Å²) < 4.78 is 2.18. The summed E-state index contributed by atoms with van der Waals surface area (Å²) in [5, 5.41) is 15.2. The lowest BCUT2D eigenvalue weighted by molar-refractivity contribution is -0.118. The molecule has 1 N–H and O–H groups in total. The monoisotopic (exact) mass is 404 g/mol. The van der Waals surface area contributed by atoms with Crippen LogP contribution < -0.4 is 5.32 Å². The van der Waals surface area contributed by atoms with E-state index in [1.807, 2.05) is 35.7 Å². The van der Waals surface area contributed by atoms with Crippen LogP contribution in [0, 0.1) is 0 Å². The Hall–Kier alpha value is -1.83. The maximum Gasteiger partial charge on any atom is 0.230 e. The highest BCUT2D eigenvalue weighted by molar-refractivity contribution is 7.99. The van der Waals surface area contributed by atoms with Crippen LogP contribution in [0.15, 0.2) is 46.9 Å². The highest BCUT2D eigenvalue weighted by Gasteiger charge is 2.30. The predicted molar refractivity (Wildman–Crippen MR) is 106 cm³/mol. The Morgan fingerprint density at radius 2 is 2.08 bits per heavy atom. The van der Waals surface area contributed by atoms with Crippen LogP contribution >= 0.6 is 34.7 Å². The first-order valence-electron chi connectivity index (χ1n) is 8.33. The van der Waals surface area contributed by atoms with E-state index >= 15 is 0 Å². The minimum atomic E-state index is -0.0204. The molecule has 5 nitrogen and oxygen atoms in total. The molecule has 0 radical (unpaired) electrons. The molecule has 2 heterocycles. The quantitative estimate of drug-likeness (QED) is 0.593. The maximum absolute atomic E-state index is 12.2. The highest BCUT2D eigenvalue weighted by atomic mass is 35.5. The van der Waals surface area contributed by atoms with Crippen LogP contribution in [-0.2, 0) is 11.3 Å². The van der Waals surface area contributed by atoms with Crippen LogP contribution in [-0.4, -0.2) is 26.4 Å². The average Bonchev–Trinajstić information content (AvgIpc) is 3.17. The fourth-order valence-corrected chi connectivity index (χ4v) is 4.26. The SMILES string of the molecule is O=C(CSc1nnc(-c2cccs2)n1C1CC1)NCc1ccc(Cl)cc1. The molecule has 4 rings (SSSR count). The van der Waals surface area contributed by atoms with E-state index in [1.54, 1.807) is 11.3 Å². The van der Waals surface area contributed by atoms with Gasteiger partial charge in [-0.3, -0.25) is 9.36 Å². The molecule has 26 heavy (non-hydrogen) atoms. The summed E-state index contributed by atoms with van der Waals surface area (Å²) in [5.74, 6) is 1.21. The lowest BCUT2D eigenvalue weighted by Crippen LogP contribution is -2.24. The molecule has 2 aromatic heterocycles. The second kappa shape index (κ2) is 7.82. The van der Waals surface area contributed by atoms with E-state index in [1.165, 1.54) is 11.8 Å². The number of rotatable bonds is 7. The third kappa shape index (κ3) is 4.11. The van der Waals surface area contributed by atoms with Gasteiger partial charge in [0.25, 0.3) is 0 Å². The third-order valence-electron chi connectivity index (χ3n) is 4.05. The van der Waals surface area contributed by atoms with Crippen LogP contribution in [0.3, 0.4) is 0 Å². The van der Waals surface area contributed by atoms with Crippen molar-refractivity contribution in [2.75, 3.05) is 5.75 Å². The molecule has 8 heteroatoms. The minimum Gasteiger partial charge on any atom is -0.351 e. The zero-order valence-electron chi connectivity index (χ0n) is 13.9. The molecule has 1 aromatic carbocycles. The number of hydrogen-bond donors (Lipinski definition) is 1. The van der Waals surface area contributed by atoms with Gasteiger partial charge in [0.1, 0.15) is 0 Å². The van der Waals surface area contributed by atoms with Crippen LogP contribution in [0.2, 0.25) is 5.02 Å². The molecule has 1 aliphatic rings. The number of carbonyl (C=O) groups is 1. The smallest absolute Gasteiger partial charge is 0.230 e. The van der Waals surface area contributed by atoms with E-state index in [0.29, 0.717) is 23.4 Å². The van der Waals surface area contributed by atoms with Crippen molar-refractivity contribution >= 4 is 40.6 Å². The number of hydrogen-bond acceptors (Lipinski definition) is 5. The van der Waals surface area contributed by atoms with Gasteiger partial charge >= 0.3 is 0 Å². The van der Waals surface area contributed by atoms with Crippen molar-refractivity contribution in [1.29, 1.82) is 0 Å². The summed E-state index contributed by atoms with van der Waals surface area (Å²) in [6.45, 7) is 0.492. The Morgan fingerprint density at radius 1 is 1.27 bits per heavy atom. The number of nitrogens with one attached hydrogen (secondary N) is 1. The molecule has 1 fully saturated rings. The fourth-order valence-electron chi connectivity index (χ4n) is 2.60. The molecular formula is C18H17ClN4OS2. The fraction of sp³-hybridized carbons (Fsp3) is 0.278. The molecule has 0 aliphatic heterocycles. The Morgan fingerprint density at radius 3 is 2.77 bits per heavy atom. The number of amides is 1. The van der Waals surface area contributed by atoms with Gasteiger partial charge in [-0.2, -0.15) is 0 Å². The number of thioether (sulfide) groups is 1. The van der Waals surface area contributed by atoms with Gasteiger partial charge < -0.3 is 5.32 Å². The van der Waals surface area contributed by atoms with Crippen molar-refractivity contribution in [3.8, 4) is 10.7 Å². The third-order valence-corrected chi connectivity index (χ3v) is 6.11. The maximum atomic E-state index is 12.2. The van der Waals surface area contributed by atoms with Gasteiger partial charge in [-0.1, -0.05) is 41.6 Å². The molecular weight excluding hydrogens is 388 g/mol. The summed E-state index contributed by atoms with van der Waals surface area (Å²) in [4.78, 5) is 13.3. The summed E-state index contributed by atoms with van der Waals surface area (Å²) in [6, 6.07) is 12.0. The van der Waals surface area contributed by atoms with E-state index in [9.17, 15) is 4.79 Å². The van der Waals surface area contributed by atoms with E-state index in [0.717, 1.165) is 34.3 Å². The molecule has 0 spiro atoms. The first-order valence-corrected chi connectivity index (χ1v) is 10.6. The number of benzene rings is 1. The van der Waals surface area contributed by atoms with Crippen LogP contribution in [0.5, 0.6) is 0 Å². The molecule has 1 aliphatic carbocycles. The van der Waals surface area contributed by atoms with Crippen molar-refractivity contribution in [2.24, 2.45) is 0 Å². The first-order chi connectivity index (χ1) is 12.7. The van der Waals surface area contributed by atoms with Crippen LogP contribution in [0.25, 0.3) is 10.7 Å². The minimum absolute atomic E-state index is 0.0204. The average molecular weight is 405 g/mol. The van der Waals surface area contributed by atoms with Gasteiger partial charge in [-0.05, 0) is 42.0 Å². The normalized spacial score (nSPS) is 13.7. The Labute approximate surface area is 164 Å². The van der Waals surface area contributed by atoms with Crippen molar-refractivity contribution in [1.82, 2.24) is 20.1 Å². The van der Waals surface area contributed by atoms with Crippen molar-refractivity contribution in [3.05, 3.63) is 52.4 Å². The van der Waals surface area contributed by atoms with Gasteiger partial charge in [0, 0.05) is 17.6 Å². The number of halogens is 1. The number of nitrogens with zero attached hydrogens (tertiary/aromatic N) is 3. The first kappa shape index (κ1) is 17.6. The Bertz CT molecular complexity index is 889. The summed E-state index contributed by atoms with van der Waals surface area (Å²) in [5.41, 5.74) is 1.02. The molecule has 0 unspecified atom stereocenters. The van der Waals surface area contributed by atoms with Crippen molar-refractivity contribution < 1.29 is 4.79 Å². The van der Waals surface area contributed by atoms with Gasteiger partial charge in [0.2, 0.25) is 5.91 Å². The second-order valence-electron chi connectivity index (χ2n) is 6.08. The summed E-state index contributed by atoms with van der Waals surface area (Å²) in [6.07, 6.45) is 2.29. The number of thiophene rings is 1. The Balaban J connectivity index is 1.37. The lowest BCUT2D eigenvalue weighted by atomic mass is 10.2. The molecule has 0 saturated heterocycles. The molecule has 3 aromatic rings. The van der Waals surface area contributed by atoms with Gasteiger partial charge in [0.05, 0.1) is 10.6 Å². The topological polar surface area (TPSA) is 59.8 Å². The zero-order chi connectivity index (χ0) is 17.9. The van der Waals surface area contributed by atoms with Gasteiger partial charge in [-0.15, -0.1) is 21.5 Å². The molecule has 1 amide bonds. The van der Waals surface area contributed by atoms with E-state index in [-0.39, 0.29) is 5.91 Å². The zero-order valence-corrected chi connectivity index (χ0v) is 16.3. The summed E-state index contributed by atoms with van der Waals surface area (Å²) in [7, 11) is 0. The highest BCUT2D eigenvalue weighted by Crippen LogP contribution is 2.41. The van der Waals surface area contributed by atoms with Crippen LogP contribution in [0.4, 0.5) is 0 Å². The van der Waals surface area contributed by atoms with E-state index in [4.69, 9.17) is 11.6 Å². The standard InChI is InChI=1S/C18H17ClN4OS2/c19-13-5-3-12(4-6-13)10-20-16(24)11-26-18-22-21-17(15-2-1-9-25-15)23(18)14-7-8-14/h1-6,9,14H,7-8,10-11H2,(H,20,24). The van der Waals surface area contributed by atoms with Gasteiger partial charge in [-0.25, -0.2) is 0 Å². The molecule has 0 atom stereocenters. The van der Waals surface area contributed by atoms with E-state index in [2.05, 4.69) is 26.1 Å².